The topological polar surface area (TPSA) is 84.9 Å². The summed E-state index contributed by atoms with van der Waals surface area (Å²) in [6.45, 7) is 4.42. The minimum Gasteiger partial charge on any atom is -0.473 e. The molecule has 0 radical (unpaired) electrons. The number of fused-ring (bicyclic) bond motifs is 1. The lowest BCUT2D eigenvalue weighted by Crippen LogP contribution is -2.43. The molecule has 5 rings (SSSR count). The molecule has 1 atom stereocenters. The molecule has 0 spiro atoms. The average molecular weight is 460 g/mol. The summed E-state index contributed by atoms with van der Waals surface area (Å²) in [4.78, 5) is 14.2. The fourth-order valence-electron chi connectivity index (χ4n) is 4.04. The highest BCUT2D eigenvalue weighted by molar-refractivity contribution is 5.93. The Kier molecular flexibility index (Phi) is 5.61. The predicted molar refractivity (Wildman–Crippen MR) is 130 cm³/mol. The van der Waals surface area contributed by atoms with Crippen LogP contribution in [0, 0.1) is 12.8 Å². The van der Waals surface area contributed by atoms with Gasteiger partial charge in [-0.25, -0.2) is 4.52 Å². The Labute approximate surface area is 198 Å². The van der Waals surface area contributed by atoms with Gasteiger partial charge < -0.3 is 14.6 Å². The van der Waals surface area contributed by atoms with E-state index in [9.17, 15) is 4.79 Å². The van der Waals surface area contributed by atoms with E-state index < -0.39 is 0 Å². The number of carbonyl (C=O) groups is 1. The van der Waals surface area contributed by atoms with Crippen LogP contribution in [0.15, 0.2) is 59.3 Å². The van der Waals surface area contributed by atoms with E-state index in [0.717, 1.165) is 35.0 Å². The van der Waals surface area contributed by atoms with E-state index in [1.54, 1.807) is 4.52 Å². The van der Waals surface area contributed by atoms with Gasteiger partial charge in [0, 0.05) is 18.2 Å². The van der Waals surface area contributed by atoms with Crippen LogP contribution in [0.5, 0.6) is 5.88 Å². The molecule has 34 heavy (non-hydrogen) atoms. The zero-order valence-electron chi connectivity index (χ0n) is 19.9. The van der Waals surface area contributed by atoms with Gasteiger partial charge in [-0.15, -0.1) is 0 Å². The molecule has 0 saturated heterocycles. The van der Waals surface area contributed by atoms with Crippen LogP contribution in [0.1, 0.15) is 31.1 Å². The Morgan fingerprint density at radius 1 is 1.24 bits per heavy atom. The first-order valence-electron chi connectivity index (χ1n) is 11.5. The van der Waals surface area contributed by atoms with Gasteiger partial charge >= 0.3 is 0 Å². The van der Waals surface area contributed by atoms with Crippen LogP contribution < -0.4 is 10.1 Å². The van der Waals surface area contributed by atoms with Gasteiger partial charge in [-0.05, 0) is 69.2 Å². The first-order valence-corrected chi connectivity index (χ1v) is 11.5. The molecule has 8 heteroatoms. The SMILES string of the molecule is Cc1onc(OCC(C)(c2ccccc2)N(C)C)c1-c1ccn2nc(NC(=O)C3CC3)cc2c1. The van der Waals surface area contributed by atoms with E-state index in [0.29, 0.717) is 24.1 Å². The smallest absolute Gasteiger partial charge is 0.262 e. The number of ether oxygens (including phenoxy) is 1. The molecule has 8 nitrogen and oxygen atoms in total. The number of aromatic nitrogens is 3. The van der Waals surface area contributed by atoms with Crippen LogP contribution >= 0.6 is 0 Å². The van der Waals surface area contributed by atoms with E-state index in [4.69, 9.17) is 9.26 Å². The quantitative estimate of drug-likeness (QED) is 0.418. The molecule has 3 heterocycles. The number of likely N-dealkylation sites (N-methyl/N-ethyl adjacent to an activating group) is 1. The molecule has 4 aromatic rings. The van der Waals surface area contributed by atoms with Gasteiger partial charge in [0.2, 0.25) is 5.91 Å². The Balaban J connectivity index is 1.41. The van der Waals surface area contributed by atoms with E-state index in [1.807, 2.05) is 63.6 Å². The highest BCUT2D eigenvalue weighted by Gasteiger charge is 2.32. The standard InChI is InChI=1S/C26H29N5O3/c1-17-23(19-12-13-31-21(14-19)15-22(28-31)27-24(32)18-10-11-18)25(29-34-17)33-16-26(2,30(3)4)20-8-6-5-7-9-20/h5-9,12-15,18H,10-11,16H2,1-4H3,(H,27,28,32). The van der Waals surface area contributed by atoms with Crippen molar-refractivity contribution in [2.24, 2.45) is 5.92 Å². The Hall–Kier alpha value is -3.65. The minimum atomic E-state index is -0.352. The van der Waals surface area contributed by atoms with Gasteiger partial charge in [-0.2, -0.15) is 5.10 Å². The largest absolute Gasteiger partial charge is 0.473 e. The molecule has 1 N–H and O–H groups in total. The van der Waals surface area contributed by atoms with Crippen molar-refractivity contribution in [2.75, 3.05) is 26.0 Å². The Bertz CT molecular complexity index is 1320. The summed E-state index contributed by atoms with van der Waals surface area (Å²) in [7, 11) is 4.08. The predicted octanol–water partition coefficient (Wildman–Crippen LogP) is 4.50. The van der Waals surface area contributed by atoms with Crippen LogP contribution in [0.25, 0.3) is 16.6 Å². The van der Waals surface area contributed by atoms with Crippen molar-refractivity contribution in [1.29, 1.82) is 0 Å². The van der Waals surface area contributed by atoms with Crippen LogP contribution in [-0.2, 0) is 10.3 Å². The number of rotatable bonds is 8. The summed E-state index contributed by atoms with van der Waals surface area (Å²) in [5.41, 5.74) is 3.38. The third-order valence-electron chi connectivity index (χ3n) is 6.66. The number of nitrogens with one attached hydrogen (secondary N) is 1. The molecular weight excluding hydrogens is 430 g/mol. The lowest BCUT2D eigenvalue weighted by molar-refractivity contribution is -0.117. The van der Waals surface area contributed by atoms with Crippen molar-refractivity contribution < 1.29 is 14.1 Å². The summed E-state index contributed by atoms with van der Waals surface area (Å²) in [5.74, 6) is 1.84. The van der Waals surface area contributed by atoms with Crippen molar-refractivity contribution in [3.05, 3.63) is 66.1 Å². The summed E-state index contributed by atoms with van der Waals surface area (Å²) in [5, 5.41) is 11.6. The van der Waals surface area contributed by atoms with Crippen molar-refractivity contribution in [1.82, 2.24) is 19.7 Å². The zero-order chi connectivity index (χ0) is 23.9. The molecule has 1 aromatic carbocycles. The lowest BCUT2D eigenvalue weighted by Gasteiger charge is -2.36. The summed E-state index contributed by atoms with van der Waals surface area (Å²) in [6.07, 6.45) is 3.77. The van der Waals surface area contributed by atoms with Crippen LogP contribution in [0.2, 0.25) is 0 Å². The highest BCUT2D eigenvalue weighted by atomic mass is 16.5. The van der Waals surface area contributed by atoms with Gasteiger partial charge in [0.25, 0.3) is 5.88 Å². The van der Waals surface area contributed by atoms with Crippen molar-refractivity contribution >= 4 is 17.2 Å². The van der Waals surface area contributed by atoms with Crippen LogP contribution in [0.3, 0.4) is 0 Å². The molecule has 3 aromatic heterocycles. The van der Waals surface area contributed by atoms with Crippen LogP contribution in [0.4, 0.5) is 5.82 Å². The second-order valence-electron chi connectivity index (χ2n) is 9.32. The van der Waals surface area contributed by atoms with Gasteiger partial charge in [-0.1, -0.05) is 30.3 Å². The zero-order valence-corrected chi connectivity index (χ0v) is 19.9. The molecule has 1 amide bonds. The van der Waals surface area contributed by atoms with E-state index in [2.05, 4.69) is 39.5 Å². The molecule has 1 fully saturated rings. The minimum absolute atomic E-state index is 0.0385. The van der Waals surface area contributed by atoms with E-state index in [-0.39, 0.29) is 17.4 Å². The number of carbonyl (C=O) groups excluding carboxylic acids is 1. The summed E-state index contributed by atoms with van der Waals surface area (Å²) in [6, 6.07) is 16.1. The Morgan fingerprint density at radius 2 is 2.00 bits per heavy atom. The lowest BCUT2D eigenvalue weighted by atomic mass is 9.91. The molecule has 1 saturated carbocycles. The molecule has 176 valence electrons. The average Bonchev–Trinajstić information content (AvgIpc) is 3.51. The van der Waals surface area contributed by atoms with Gasteiger partial charge in [0.05, 0.1) is 16.6 Å². The molecule has 0 aliphatic heterocycles. The maximum absolute atomic E-state index is 12.1. The van der Waals surface area contributed by atoms with Gasteiger partial charge in [0.15, 0.2) is 5.82 Å². The highest BCUT2D eigenvalue weighted by Crippen LogP contribution is 2.36. The fraction of sp³-hybridized carbons (Fsp3) is 0.346. The fourth-order valence-corrected chi connectivity index (χ4v) is 4.04. The van der Waals surface area contributed by atoms with Gasteiger partial charge in [0.1, 0.15) is 12.4 Å². The first-order chi connectivity index (χ1) is 16.3. The maximum atomic E-state index is 12.1. The number of nitrogens with zero attached hydrogens (tertiary/aromatic N) is 4. The number of hydrogen-bond donors (Lipinski definition) is 1. The number of aryl methyl sites for hydroxylation is 1. The Morgan fingerprint density at radius 3 is 2.71 bits per heavy atom. The second kappa shape index (κ2) is 8.61. The second-order valence-corrected chi connectivity index (χ2v) is 9.32. The van der Waals surface area contributed by atoms with E-state index in [1.165, 1.54) is 0 Å². The summed E-state index contributed by atoms with van der Waals surface area (Å²) >= 11 is 0. The number of pyridine rings is 1. The molecule has 1 aliphatic carbocycles. The number of amides is 1. The van der Waals surface area contributed by atoms with Crippen LogP contribution in [-0.4, -0.2) is 46.3 Å². The van der Waals surface area contributed by atoms with Crippen molar-refractivity contribution in [3.8, 4) is 17.0 Å². The number of anilines is 1. The van der Waals surface area contributed by atoms with E-state index >= 15 is 0 Å². The molecule has 1 aliphatic rings. The normalized spacial score (nSPS) is 15.4. The molecule has 0 bridgehead atoms. The summed E-state index contributed by atoms with van der Waals surface area (Å²) < 4.78 is 13.5. The van der Waals surface area contributed by atoms with Crippen molar-refractivity contribution in [2.45, 2.75) is 32.2 Å². The molecular formula is C26H29N5O3. The third kappa shape index (κ3) is 4.17. The number of benzene rings is 1. The number of hydrogen-bond acceptors (Lipinski definition) is 6. The van der Waals surface area contributed by atoms with Crippen molar-refractivity contribution in [3.63, 3.8) is 0 Å². The molecule has 1 unspecified atom stereocenters. The first kappa shape index (κ1) is 22.2. The third-order valence-corrected chi connectivity index (χ3v) is 6.66. The van der Waals surface area contributed by atoms with Gasteiger partial charge in [-0.3, -0.25) is 9.69 Å². The maximum Gasteiger partial charge on any atom is 0.262 e. The monoisotopic (exact) mass is 459 g/mol.